The predicted octanol–water partition coefficient (Wildman–Crippen LogP) is 3.61. The standard InChI is InChI=1S/C22H21ClN4O4/c1-12-16(23)3-2-4-17(12)25-22(31)24-10-13-5-6-15-14(9-13)11-27(21(15)30)18-7-8-19(28)26-20(18)29/h2-6,9,11,18,30H,7-8,10H2,1H3,(H2,24,25,31)(H,26,28,29). The lowest BCUT2D eigenvalue weighted by molar-refractivity contribution is -0.135. The highest BCUT2D eigenvalue weighted by atomic mass is 35.5. The number of piperidine rings is 1. The van der Waals surface area contributed by atoms with Gasteiger partial charge in [0.05, 0.1) is 0 Å². The summed E-state index contributed by atoms with van der Waals surface area (Å²) in [6.45, 7) is 2.09. The van der Waals surface area contributed by atoms with Gasteiger partial charge in [0.2, 0.25) is 11.8 Å². The molecule has 0 aliphatic carbocycles. The number of carbonyl (C=O) groups is 3. The summed E-state index contributed by atoms with van der Waals surface area (Å²) in [4.78, 5) is 35.8. The Balaban J connectivity index is 1.47. The van der Waals surface area contributed by atoms with Gasteiger partial charge in [-0.15, -0.1) is 0 Å². The number of rotatable bonds is 4. The lowest BCUT2D eigenvalue weighted by Gasteiger charge is -2.22. The van der Waals surface area contributed by atoms with E-state index in [1.807, 2.05) is 13.0 Å². The average molecular weight is 441 g/mol. The Morgan fingerprint density at radius 1 is 1.29 bits per heavy atom. The number of benzene rings is 2. The molecule has 4 rings (SSSR count). The topological polar surface area (TPSA) is 112 Å². The van der Waals surface area contributed by atoms with Gasteiger partial charge in [-0.25, -0.2) is 4.79 Å². The van der Waals surface area contributed by atoms with E-state index in [-0.39, 0.29) is 30.8 Å². The maximum atomic E-state index is 12.3. The summed E-state index contributed by atoms with van der Waals surface area (Å²) >= 11 is 6.08. The minimum absolute atomic E-state index is 0.0295. The van der Waals surface area contributed by atoms with Gasteiger partial charge in [0, 0.05) is 40.6 Å². The quantitative estimate of drug-likeness (QED) is 0.464. The number of amides is 4. The van der Waals surface area contributed by atoms with Crippen LogP contribution in [-0.2, 0) is 16.1 Å². The van der Waals surface area contributed by atoms with E-state index in [2.05, 4.69) is 16.0 Å². The van der Waals surface area contributed by atoms with Gasteiger partial charge in [-0.05, 0) is 48.7 Å². The van der Waals surface area contributed by atoms with Gasteiger partial charge in [0.15, 0.2) is 5.88 Å². The number of urea groups is 1. The summed E-state index contributed by atoms with van der Waals surface area (Å²) in [5.41, 5.74) is 2.24. The van der Waals surface area contributed by atoms with Crippen LogP contribution in [0.1, 0.15) is 30.0 Å². The number of hydrogen-bond acceptors (Lipinski definition) is 4. The minimum Gasteiger partial charge on any atom is -0.494 e. The van der Waals surface area contributed by atoms with Crippen molar-refractivity contribution < 1.29 is 19.5 Å². The van der Waals surface area contributed by atoms with Crippen molar-refractivity contribution in [3.05, 3.63) is 58.7 Å². The zero-order chi connectivity index (χ0) is 22.1. The number of fused-ring (bicyclic) bond motifs is 1. The molecule has 0 radical (unpaired) electrons. The smallest absolute Gasteiger partial charge is 0.319 e. The highest BCUT2D eigenvalue weighted by molar-refractivity contribution is 6.31. The summed E-state index contributed by atoms with van der Waals surface area (Å²) in [5, 5.41) is 20.3. The van der Waals surface area contributed by atoms with Crippen LogP contribution in [0.4, 0.5) is 10.5 Å². The van der Waals surface area contributed by atoms with Gasteiger partial charge < -0.3 is 20.3 Å². The third-order valence-electron chi connectivity index (χ3n) is 5.39. The Morgan fingerprint density at radius 2 is 2.10 bits per heavy atom. The number of hydrogen-bond donors (Lipinski definition) is 4. The van der Waals surface area contributed by atoms with Gasteiger partial charge >= 0.3 is 6.03 Å². The molecule has 4 amide bonds. The first-order valence-corrected chi connectivity index (χ1v) is 10.2. The van der Waals surface area contributed by atoms with E-state index in [9.17, 15) is 19.5 Å². The lowest BCUT2D eigenvalue weighted by Crippen LogP contribution is -2.41. The fraction of sp³-hybridized carbons (Fsp3) is 0.227. The summed E-state index contributed by atoms with van der Waals surface area (Å²) in [6.07, 6.45) is 2.24. The van der Waals surface area contributed by atoms with Crippen LogP contribution in [0.3, 0.4) is 0 Å². The average Bonchev–Trinajstić information content (AvgIpc) is 3.05. The first kappa shape index (κ1) is 20.7. The largest absolute Gasteiger partial charge is 0.494 e. The molecule has 160 valence electrons. The van der Waals surface area contributed by atoms with Crippen molar-refractivity contribution in [2.75, 3.05) is 5.32 Å². The maximum absolute atomic E-state index is 12.3. The SMILES string of the molecule is Cc1c(Cl)cccc1NC(=O)NCc1ccc2c(O)n(C3CCC(=O)NC3=O)cc2c1. The van der Waals surface area contributed by atoms with Crippen molar-refractivity contribution in [1.29, 1.82) is 0 Å². The van der Waals surface area contributed by atoms with Crippen LogP contribution in [0.25, 0.3) is 10.8 Å². The zero-order valence-corrected chi connectivity index (χ0v) is 17.5. The normalized spacial score (nSPS) is 16.3. The number of anilines is 1. The number of imide groups is 1. The van der Waals surface area contributed by atoms with Gasteiger partial charge in [0.1, 0.15) is 6.04 Å². The van der Waals surface area contributed by atoms with E-state index in [4.69, 9.17) is 11.6 Å². The Morgan fingerprint density at radius 3 is 2.87 bits per heavy atom. The molecule has 0 spiro atoms. The second-order valence-corrected chi connectivity index (χ2v) is 7.88. The second kappa shape index (κ2) is 8.31. The van der Waals surface area contributed by atoms with Crippen molar-refractivity contribution in [3.63, 3.8) is 0 Å². The van der Waals surface area contributed by atoms with Crippen LogP contribution in [0.5, 0.6) is 5.88 Å². The summed E-state index contributed by atoms with van der Waals surface area (Å²) in [5.74, 6) is -0.767. The van der Waals surface area contributed by atoms with Crippen molar-refractivity contribution in [2.24, 2.45) is 0 Å². The van der Waals surface area contributed by atoms with Crippen LogP contribution in [0, 0.1) is 6.92 Å². The van der Waals surface area contributed by atoms with E-state index in [0.717, 1.165) is 16.5 Å². The van der Waals surface area contributed by atoms with Crippen LogP contribution >= 0.6 is 11.6 Å². The van der Waals surface area contributed by atoms with E-state index in [1.54, 1.807) is 36.5 Å². The molecule has 1 saturated heterocycles. The van der Waals surface area contributed by atoms with Gasteiger partial charge in [0.25, 0.3) is 0 Å². The molecule has 1 aliphatic heterocycles. The first-order chi connectivity index (χ1) is 14.8. The molecule has 4 N–H and O–H groups in total. The predicted molar refractivity (Wildman–Crippen MR) is 117 cm³/mol. The van der Waals surface area contributed by atoms with E-state index >= 15 is 0 Å². The molecular formula is C22H21ClN4O4. The third-order valence-corrected chi connectivity index (χ3v) is 5.80. The Bertz CT molecular complexity index is 1200. The van der Waals surface area contributed by atoms with Crippen LogP contribution in [0.2, 0.25) is 5.02 Å². The number of aromatic hydroxyl groups is 1. The Hall–Kier alpha value is -3.52. The molecule has 2 heterocycles. The van der Waals surface area contributed by atoms with Crippen molar-refractivity contribution >= 4 is 45.9 Å². The van der Waals surface area contributed by atoms with Crippen molar-refractivity contribution in [1.82, 2.24) is 15.2 Å². The van der Waals surface area contributed by atoms with E-state index < -0.39 is 11.9 Å². The highest BCUT2D eigenvalue weighted by Gasteiger charge is 2.30. The molecule has 31 heavy (non-hydrogen) atoms. The molecule has 0 bridgehead atoms. The molecule has 1 aliphatic rings. The number of nitrogens with one attached hydrogen (secondary N) is 3. The van der Waals surface area contributed by atoms with Gasteiger partial charge in [-0.1, -0.05) is 23.7 Å². The molecule has 3 aromatic rings. The number of aromatic nitrogens is 1. The van der Waals surface area contributed by atoms with Crippen LogP contribution in [0.15, 0.2) is 42.6 Å². The van der Waals surface area contributed by atoms with Crippen molar-refractivity contribution in [3.8, 4) is 5.88 Å². The summed E-state index contributed by atoms with van der Waals surface area (Å²) in [6, 6.07) is 9.65. The minimum atomic E-state index is -0.640. The summed E-state index contributed by atoms with van der Waals surface area (Å²) in [7, 11) is 0. The van der Waals surface area contributed by atoms with Crippen LogP contribution < -0.4 is 16.0 Å². The first-order valence-electron chi connectivity index (χ1n) is 9.79. The molecule has 1 fully saturated rings. The zero-order valence-electron chi connectivity index (χ0n) is 16.7. The Labute approximate surface area is 183 Å². The number of carbonyl (C=O) groups excluding carboxylic acids is 3. The van der Waals surface area contributed by atoms with Crippen LogP contribution in [-0.4, -0.2) is 27.5 Å². The molecule has 1 unspecified atom stereocenters. The fourth-order valence-corrected chi connectivity index (χ4v) is 3.83. The Kier molecular flexibility index (Phi) is 5.56. The fourth-order valence-electron chi connectivity index (χ4n) is 3.66. The highest BCUT2D eigenvalue weighted by Crippen LogP contribution is 2.33. The molecule has 0 saturated carbocycles. The van der Waals surface area contributed by atoms with Gasteiger partial charge in [-0.3, -0.25) is 14.9 Å². The summed E-state index contributed by atoms with van der Waals surface area (Å²) < 4.78 is 1.48. The van der Waals surface area contributed by atoms with E-state index in [1.165, 1.54) is 4.57 Å². The molecule has 2 aromatic carbocycles. The second-order valence-electron chi connectivity index (χ2n) is 7.47. The van der Waals surface area contributed by atoms with Crippen molar-refractivity contribution in [2.45, 2.75) is 32.4 Å². The number of halogens is 1. The van der Waals surface area contributed by atoms with E-state index in [0.29, 0.717) is 22.5 Å². The molecule has 1 aromatic heterocycles. The van der Waals surface area contributed by atoms with Gasteiger partial charge in [-0.2, -0.15) is 0 Å². The maximum Gasteiger partial charge on any atom is 0.319 e. The number of nitrogens with zero attached hydrogens (tertiary/aromatic N) is 1. The lowest BCUT2D eigenvalue weighted by atomic mass is 10.1. The molecule has 9 heteroatoms. The molecular weight excluding hydrogens is 420 g/mol. The molecule has 8 nitrogen and oxygen atoms in total. The molecule has 1 atom stereocenters. The third kappa shape index (κ3) is 4.20. The monoisotopic (exact) mass is 440 g/mol.